The first-order chi connectivity index (χ1) is 13.3. The first-order valence-corrected chi connectivity index (χ1v) is 9.15. The fourth-order valence-electron chi connectivity index (χ4n) is 3.78. The van der Waals surface area contributed by atoms with Crippen molar-refractivity contribution in [1.29, 1.82) is 0 Å². The summed E-state index contributed by atoms with van der Waals surface area (Å²) in [5, 5.41) is 7.81. The van der Waals surface area contributed by atoms with Crippen LogP contribution in [0.4, 0.5) is 0 Å². The summed E-state index contributed by atoms with van der Waals surface area (Å²) in [7, 11) is 0. The maximum Gasteiger partial charge on any atom is 0.231 e. The molecule has 0 amide bonds. The average molecular weight is 363 g/mol. The Bertz CT molecular complexity index is 988. The number of rotatable bonds is 4. The number of aromatic amines is 1. The van der Waals surface area contributed by atoms with Gasteiger partial charge in [0.15, 0.2) is 11.5 Å². The Balaban J connectivity index is 1.37. The van der Waals surface area contributed by atoms with Crippen molar-refractivity contribution < 1.29 is 13.9 Å². The third-order valence-corrected chi connectivity index (χ3v) is 5.06. The number of nitrogens with zero attached hydrogens (tertiary/aromatic N) is 2. The molecule has 6 nitrogen and oxygen atoms in total. The van der Waals surface area contributed by atoms with E-state index in [2.05, 4.69) is 28.1 Å². The van der Waals surface area contributed by atoms with E-state index in [1.165, 1.54) is 16.8 Å². The van der Waals surface area contributed by atoms with E-state index in [1.807, 2.05) is 30.3 Å². The molecule has 0 fully saturated rings. The van der Waals surface area contributed by atoms with Gasteiger partial charge in [0.05, 0.1) is 12.0 Å². The largest absolute Gasteiger partial charge is 0.465 e. The summed E-state index contributed by atoms with van der Waals surface area (Å²) in [6.45, 7) is 5.22. The van der Waals surface area contributed by atoms with Gasteiger partial charge in [0.1, 0.15) is 5.76 Å². The lowest BCUT2D eigenvalue weighted by atomic mass is 10.0. The Morgan fingerprint density at radius 3 is 3.07 bits per heavy atom. The SMILES string of the molecule is C/C(=C\c1ccco1)CN1CCc2[nH]nc(-c3ccc4c(c3)OCO4)c2C1. The monoisotopic (exact) mass is 363 g/mol. The molecule has 0 bridgehead atoms. The van der Waals surface area contributed by atoms with Crippen LogP contribution in [0.15, 0.2) is 46.6 Å². The number of benzene rings is 1. The molecule has 138 valence electrons. The van der Waals surface area contributed by atoms with E-state index in [1.54, 1.807) is 6.26 Å². The molecular weight excluding hydrogens is 342 g/mol. The summed E-state index contributed by atoms with van der Waals surface area (Å²) >= 11 is 0. The van der Waals surface area contributed by atoms with Gasteiger partial charge >= 0.3 is 0 Å². The topological polar surface area (TPSA) is 63.5 Å². The van der Waals surface area contributed by atoms with E-state index in [4.69, 9.17) is 13.9 Å². The second-order valence-corrected chi connectivity index (χ2v) is 7.06. The number of furan rings is 1. The number of fused-ring (bicyclic) bond motifs is 2. The smallest absolute Gasteiger partial charge is 0.231 e. The molecule has 0 unspecified atom stereocenters. The molecule has 5 rings (SSSR count). The number of hydrogen-bond donors (Lipinski definition) is 1. The third kappa shape index (κ3) is 3.13. The van der Waals surface area contributed by atoms with Crippen LogP contribution in [0.25, 0.3) is 17.3 Å². The minimum absolute atomic E-state index is 0.284. The normalized spacial score (nSPS) is 16.6. The molecule has 1 N–H and O–H groups in total. The van der Waals surface area contributed by atoms with Crippen LogP contribution >= 0.6 is 0 Å². The molecule has 2 aromatic heterocycles. The van der Waals surface area contributed by atoms with Crippen molar-refractivity contribution in [3.05, 3.63) is 59.2 Å². The number of hydrogen-bond acceptors (Lipinski definition) is 5. The summed E-state index contributed by atoms with van der Waals surface area (Å²) in [5.74, 6) is 2.48. The van der Waals surface area contributed by atoms with E-state index in [9.17, 15) is 0 Å². The van der Waals surface area contributed by atoms with Crippen molar-refractivity contribution in [2.45, 2.75) is 19.9 Å². The lowest BCUT2D eigenvalue weighted by Gasteiger charge is -2.27. The quantitative estimate of drug-likeness (QED) is 0.763. The molecule has 0 atom stereocenters. The second kappa shape index (κ2) is 6.63. The summed E-state index contributed by atoms with van der Waals surface area (Å²) < 4.78 is 16.4. The predicted molar refractivity (Wildman–Crippen MR) is 101 cm³/mol. The zero-order valence-corrected chi connectivity index (χ0v) is 15.2. The van der Waals surface area contributed by atoms with E-state index in [-0.39, 0.29) is 6.79 Å². The number of nitrogens with one attached hydrogen (secondary N) is 1. The highest BCUT2D eigenvalue weighted by Gasteiger charge is 2.24. The van der Waals surface area contributed by atoms with Gasteiger partial charge in [-0.3, -0.25) is 10.00 Å². The lowest BCUT2D eigenvalue weighted by molar-refractivity contribution is 0.174. The van der Waals surface area contributed by atoms with E-state index >= 15 is 0 Å². The molecular formula is C21H21N3O3. The van der Waals surface area contributed by atoms with Gasteiger partial charge in [-0.2, -0.15) is 5.10 Å². The predicted octanol–water partition coefficient (Wildman–Crippen LogP) is 3.86. The molecule has 0 spiro atoms. The Morgan fingerprint density at radius 2 is 2.19 bits per heavy atom. The van der Waals surface area contributed by atoms with Crippen molar-refractivity contribution in [3.63, 3.8) is 0 Å². The third-order valence-electron chi connectivity index (χ3n) is 5.06. The minimum atomic E-state index is 0.284. The minimum Gasteiger partial charge on any atom is -0.465 e. The highest BCUT2D eigenvalue weighted by molar-refractivity contribution is 5.68. The van der Waals surface area contributed by atoms with E-state index in [0.29, 0.717) is 0 Å². The van der Waals surface area contributed by atoms with Gasteiger partial charge in [-0.1, -0.05) is 5.57 Å². The van der Waals surface area contributed by atoms with Gasteiger partial charge in [-0.25, -0.2) is 0 Å². The molecule has 0 saturated carbocycles. The summed E-state index contributed by atoms with van der Waals surface area (Å²) in [6, 6.07) is 9.90. The molecule has 27 heavy (non-hydrogen) atoms. The number of aromatic nitrogens is 2. The fourth-order valence-corrected chi connectivity index (χ4v) is 3.78. The average Bonchev–Trinajstić information content (AvgIpc) is 3.41. The van der Waals surface area contributed by atoms with Crippen molar-refractivity contribution in [2.75, 3.05) is 19.9 Å². The first-order valence-electron chi connectivity index (χ1n) is 9.15. The van der Waals surface area contributed by atoms with Gasteiger partial charge < -0.3 is 13.9 Å². The highest BCUT2D eigenvalue weighted by Crippen LogP contribution is 2.37. The van der Waals surface area contributed by atoms with Crippen LogP contribution in [0.3, 0.4) is 0 Å². The Labute approximate surface area is 157 Å². The Morgan fingerprint density at radius 1 is 1.26 bits per heavy atom. The zero-order valence-electron chi connectivity index (χ0n) is 15.2. The van der Waals surface area contributed by atoms with Gasteiger partial charge in [0.2, 0.25) is 6.79 Å². The van der Waals surface area contributed by atoms with Gasteiger partial charge in [0, 0.05) is 42.9 Å². The molecule has 6 heteroatoms. The van der Waals surface area contributed by atoms with Crippen LogP contribution < -0.4 is 9.47 Å². The standard InChI is InChI=1S/C21H21N3O3/c1-14(9-16-3-2-8-25-16)11-24-7-6-18-17(12-24)21(23-22-18)15-4-5-19-20(10-15)27-13-26-19/h2-5,8-10H,6-7,11-13H2,1H3,(H,22,23)/b14-9+. The highest BCUT2D eigenvalue weighted by atomic mass is 16.7. The molecule has 0 aliphatic carbocycles. The van der Waals surface area contributed by atoms with Crippen LogP contribution in [0, 0.1) is 0 Å². The van der Waals surface area contributed by atoms with Crippen molar-refractivity contribution in [3.8, 4) is 22.8 Å². The molecule has 1 aromatic carbocycles. The maximum absolute atomic E-state index is 5.52. The molecule has 4 heterocycles. The van der Waals surface area contributed by atoms with Crippen molar-refractivity contribution in [1.82, 2.24) is 15.1 Å². The summed E-state index contributed by atoms with van der Waals surface area (Å²) in [6.07, 6.45) is 4.78. The molecule has 0 saturated heterocycles. The fraction of sp³-hybridized carbons (Fsp3) is 0.286. The summed E-state index contributed by atoms with van der Waals surface area (Å²) in [4.78, 5) is 2.45. The van der Waals surface area contributed by atoms with Gasteiger partial charge in [-0.05, 0) is 43.3 Å². The van der Waals surface area contributed by atoms with Crippen LogP contribution in [-0.4, -0.2) is 35.0 Å². The Hall–Kier alpha value is -2.99. The zero-order chi connectivity index (χ0) is 18.2. The number of H-pyrrole nitrogens is 1. The van der Waals surface area contributed by atoms with Crippen LogP contribution in [-0.2, 0) is 13.0 Å². The van der Waals surface area contributed by atoms with Crippen molar-refractivity contribution >= 4 is 6.08 Å². The van der Waals surface area contributed by atoms with Crippen LogP contribution in [0.2, 0.25) is 0 Å². The molecule has 0 radical (unpaired) electrons. The molecule has 2 aliphatic rings. The molecule has 2 aliphatic heterocycles. The summed E-state index contributed by atoms with van der Waals surface area (Å²) in [5.41, 5.74) is 5.83. The van der Waals surface area contributed by atoms with Crippen LogP contribution in [0.1, 0.15) is 23.9 Å². The first kappa shape index (κ1) is 16.2. The second-order valence-electron chi connectivity index (χ2n) is 7.06. The van der Waals surface area contributed by atoms with Crippen molar-refractivity contribution in [2.24, 2.45) is 0 Å². The van der Waals surface area contributed by atoms with Gasteiger partial charge in [0.25, 0.3) is 0 Å². The van der Waals surface area contributed by atoms with E-state index < -0.39 is 0 Å². The Kier molecular flexibility index (Phi) is 3.98. The van der Waals surface area contributed by atoms with Crippen LogP contribution in [0.5, 0.6) is 11.5 Å². The lowest BCUT2D eigenvalue weighted by Crippen LogP contribution is -2.31. The van der Waals surface area contributed by atoms with Gasteiger partial charge in [-0.15, -0.1) is 0 Å². The number of ether oxygens (including phenoxy) is 2. The van der Waals surface area contributed by atoms with E-state index in [0.717, 1.165) is 54.6 Å². The molecule has 3 aromatic rings. The maximum atomic E-state index is 5.52.